The van der Waals surface area contributed by atoms with Crippen molar-refractivity contribution in [3.8, 4) is 5.75 Å². The summed E-state index contributed by atoms with van der Waals surface area (Å²) in [4.78, 5) is 18.8. The van der Waals surface area contributed by atoms with E-state index in [0.717, 1.165) is 48.4 Å². The van der Waals surface area contributed by atoms with E-state index in [1.807, 2.05) is 42.2 Å². The van der Waals surface area contributed by atoms with Gasteiger partial charge in [0.2, 0.25) is 0 Å². The molecule has 0 bridgehead atoms. The summed E-state index contributed by atoms with van der Waals surface area (Å²) in [5.41, 5.74) is 2.97. The summed E-state index contributed by atoms with van der Waals surface area (Å²) in [5, 5.41) is 3.03. The molecule has 1 aromatic heterocycles. The minimum atomic E-state index is -0.0792. The first-order chi connectivity index (χ1) is 12.2. The van der Waals surface area contributed by atoms with Crippen LogP contribution in [0.5, 0.6) is 5.75 Å². The summed E-state index contributed by atoms with van der Waals surface area (Å²) in [6.45, 7) is 5.48. The van der Waals surface area contributed by atoms with Crippen LogP contribution in [0.4, 0.5) is 10.5 Å². The van der Waals surface area contributed by atoms with Crippen LogP contribution < -0.4 is 10.1 Å². The van der Waals surface area contributed by atoms with Crippen LogP contribution in [-0.4, -0.2) is 29.1 Å². The van der Waals surface area contributed by atoms with E-state index in [4.69, 9.17) is 4.74 Å². The Bertz CT molecular complexity index is 718. The lowest BCUT2D eigenvalue weighted by molar-refractivity contribution is 0.207. The molecule has 132 valence electrons. The van der Waals surface area contributed by atoms with Crippen molar-refractivity contribution in [1.29, 1.82) is 0 Å². The number of rotatable bonds is 5. The van der Waals surface area contributed by atoms with Gasteiger partial charge in [0.1, 0.15) is 5.75 Å². The number of anilines is 1. The zero-order valence-electron chi connectivity index (χ0n) is 14.9. The van der Waals surface area contributed by atoms with Crippen molar-refractivity contribution in [2.24, 2.45) is 0 Å². The molecule has 1 unspecified atom stereocenters. The fourth-order valence-electron chi connectivity index (χ4n) is 3.19. The van der Waals surface area contributed by atoms with E-state index in [0.29, 0.717) is 6.61 Å². The lowest BCUT2D eigenvalue weighted by Gasteiger charge is -2.26. The first kappa shape index (κ1) is 17.3. The Labute approximate surface area is 149 Å². The van der Waals surface area contributed by atoms with Crippen LogP contribution in [0.3, 0.4) is 0 Å². The van der Waals surface area contributed by atoms with Gasteiger partial charge in [0.15, 0.2) is 0 Å². The number of carbonyl (C=O) groups excluding carboxylic acids is 1. The molecule has 1 atom stereocenters. The van der Waals surface area contributed by atoms with Crippen molar-refractivity contribution in [3.05, 3.63) is 53.9 Å². The Hall–Kier alpha value is -2.56. The van der Waals surface area contributed by atoms with Crippen LogP contribution in [0.2, 0.25) is 0 Å². The van der Waals surface area contributed by atoms with Crippen molar-refractivity contribution < 1.29 is 9.53 Å². The predicted octanol–water partition coefficient (Wildman–Crippen LogP) is 4.55. The second-order valence-corrected chi connectivity index (χ2v) is 6.41. The Kier molecular flexibility index (Phi) is 5.53. The zero-order chi connectivity index (χ0) is 17.6. The van der Waals surface area contributed by atoms with Crippen molar-refractivity contribution in [1.82, 2.24) is 9.88 Å². The Morgan fingerprint density at radius 1 is 1.32 bits per heavy atom. The molecule has 2 aromatic rings. The molecule has 0 saturated carbocycles. The highest BCUT2D eigenvalue weighted by Crippen LogP contribution is 2.33. The smallest absolute Gasteiger partial charge is 0.322 e. The number of nitrogens with one attached hydrogen (secondary N) is 1. The van der Waals surface area contributed by atoms with Gasteiger partial charge in [0.25, 0.3) is 0 Å². The minimum absolute atomic E-state index is 0.0792. The maximum Gasteiger partial charge on any atom is 0.322 e. The second kappa shape index (κ2) is 8.01. The number of ether oxygens (including phenoxy) is 1. The summed E-state index contributed by atoms with van der Waals surface area (Å²) in [5.74, 6) is 0.731. The third kappa shape index (κ3) is 4.10. The average Bonchev–Trinajstić information content (AvgIpc) is 3.12. The Balaban J connectivity index is 1.75. The molecule has 25 heavy (non-hydrogen) atoms. The second-order valence-electron chi connectivity index (χ2n) is 6.41. The third-order valence-corrected chi connectivity index (χ3v) is 4.44. The van der Waals surface area contributed by atoms with Crippen molar-refractivity contribution in [3.63, 3.8) is 0 Å². The highest BCUT2D eigenvalue weighted by molar-refractivity contribution is 5.91. The van der Waals surface area contributed by atoms with E-state index in [-0.39, 0.29) is 12.1 Å². The van der Waals surface area contributed by atoms with Gasteiger partial charge in [-0.15, -0.1) is 0 Å². The number of aromatic nitrogens is 1. The minimum Gasteiger partial charge on any atom is -0.491 e. The molecule has 0 spiro atoms. The number of amides is 2. The maximum atomic E-state index is 12.9. The zero-order valence-corrected chi connectivity index (χ0v) is 14.9. The fourth-order valence-corrected chi connectivity index (χ4v) is 3.19. The number of aryl methyl sites for hydroxylation is 1. The van der Waals surface area contributed by atoms with Crippen molar-refractivity contribution >= 4 is 11.7 Å². The SMILES string of the molecule is CCCOc1cc(C)ccc1NC(=O)N1CCCC1c1ccncc1. The Morgan fingerprint density at radius 3 is 2.88 bits per heavy atom. The normalized spacial score (nSPS) is 16.7. The van der Waals surface area contributed by atoms with Crippen molar-refractivity contribution in [2.45, 2.75) is 39.2 Å². The average molecular weight is 339 g/mol. The number of likely N-dealkylation sites (tertiary alicyclic amines) is 1. The van der Waals surface area contributed by atoms with E-state index in [2.05, 4.69) is 17.2 Å². The third-order valence-electron chi connectivity index (χ3n) is 4.44. The quantitative estimate of drug-likeness (QED) is 0.869. The molecule has 2 amide bonds. The molecule has 0 aliphatic carbocycles. The van der Waals surface area contributed by atoms with Crippen molar-refractivity contribution in [2.75, 3.05) is 18.5 Å². The summed E-state index contributed by atoms with van der Waals surface area (Å²) in [6, 6.07) is 9.86. The number of hydrogen-bond donors (Lipinski definition) is 1. The first-order valence-electron chi connectivity index (χ1n) is 8.90. The summed E-state index contributed by atoms with van der Waals surface area (Å²) >= 11 is 0. The largest absolute Gasteiger partial charge is 0.491 e. The van der Waals surface area contributed by atoms with E-state index in [1.165, 1.54) is 0 Å². The molecule has 1 saturated heterocycles. The monoisotopic (exact) mass is 339 g/mol. The summed E-state index contributed by atoms with van der Waals surface area (Å²) in [6.07, 6.45) is 6.47. The van der Waals surface area contributed by atoms with Crippen LogP contribution in [0.1, 0.15) is 43.4 Å². The molecule has 1 fully saturated rings. The number of urea groups is 1. The lowest BCUT2D eigenvalue weighted by atomic mass is 10.1. The molecular weight excluding hydrogens is 314 g/mol. The topological polar surface area (TPSA) is 54.5 Å². The van der Waals surface area contributed by atoms with Crippen LogP contribution in [0.25, 0.3) is 0 Å². The summed E-state index contributed by atoms with van der Waals surface area (Å²) in [7, 11) is 0. The number of pyridine rings is 1. The van der Waals surface area contributed by atoms with Gasteiger partial charge in [-0.1, -0.05) is 13.0 Å². The standard InChI is InChI=1S/C20H25N3O2/c1-3-13-25-19-14-15(2)6-7-17(19)22-20(24)23-12-4-5-18(23)16-8-10-21-11-9-16/h6-11,14,18H,3-5,12-13H2,1-2H3,(H,22,24). The molecular formula is C20H25N3O2. The van der Waals surface area contributed by atoms with Gasteiger partial charge in [-0.3, -0.25) is 4.98 Å². The van der Waals surface area contributed by atoms with E-state index >= 15 is 0 Å². The molecule has 0 radical (unpaired) electrons. The number of carbonyl (C=O) groups is 1. The van der Waals surface area contributed by atoms with Gasteiger partial charge in [-0.2, -0.15) is 0 Å². The molecule has 1 aliphatic heterocycles. The van der Waals surface area contributed by atoms with Crippen LogP contribution in [0.15, 0.2) is 42.7 Å². The van der Waals surface area contributed by atoms with Gasteiger partial charge in [0.05, 0.1) is 18.3 Å². The van der Waals surface area contributed by atoms with Gasteiger partial charge in [-0.25, -0.2) is 4.79 Å². The molecule has 5 heteroatoms. The fraction of sp³-hybridized carbons (Fsp3) is 0.400. The maximum absolute atomic E-state index is 12.9. The van der Waals surface area contributed by atoms with Crippen LogP contribution in [0, 0.1) is 6.92 Å². The van der Waals surface area contributed by atoms with Gasteiger partial charge < -0.3 is 15.0 Å². The van der Waals surface area contributed by atoms with Gasteiger partial charge in [-0.05, 0) is 61.6 Å². The van der Waals surface area contributed by atoms with Crippen LogP contribution >= 0.6 is 0 Å². The Morgan fingerprint density at radius 2 is 2.12 bits per heavy atom. The van der Waals surface area contributed by atoms with E-state index < -0.39 is 0 Å². The molecule has 3 rings (SSSR count). The number of benzene rings is 1. The highest BCUT2D eigenvalue weighted by Gasteiger charge is 2.30. The van der Waals surface area contributed by atoms with E-state index in [9.17, 15) is 4.79 Å². The first-order valence-corrected chi connectivity index (χ1v) is 8.90. The number of hydrogen-bond acceptors (Lipinski definition) is 3. The highest BCUT2D eigenvalue weighted by atomic mass is 16.5. The molecule has 1 aliphatic rings. The molecule has 5 nitrogen and oxygen atoms in total. The molecule has 1 N–H and O–H groups in total. The van der Waals surface area contributed by atoms with Gasteiger partial charge >= 0.3 is 6.03 Å². The predicted molar refractivity (Wildman–Crippen MR) is 98.9 cm³/mol. The lowest BCUT2D eigenvalue weighted by Crippen LogP contribution is -2.34. The van der Waals surface area contributed by atoms with E-state index in [1.54, 1.807) is 12.4 Å². The summed E-state index contributed by atoms with van der Waals surface area (Å²) < 4.78 is 5.80. The van der Waals surface area contributed by atoms with Crippen LogP contribution in [-0.2, 0) is 0 Å². The molecule has 2 heterocycles. The van der Waals surface area contributed by atoms with Gasteiger partial charge in [0, 0.05) is 18.9 Å². The number of nitrogens with zero attached hydrogens (tertiary/aromatic N) is 2. The molecule has 1 aromatic carbocycles.